The Labute approximate surface area is 199 Å². The fraction of sp³-hybridized carbons (Fsp3) is 0.185. The number of aromatic nitrogens is 2. The molecule has 0 amide bonds. The predicted octanol–water partition coefficient (Wildman–Crippen LogP) is 3.31. The molecule has 0 aliphatic carbocycles. The molecule has 174 valence electrons. The molecule has 2 aromatic heterocycles. The second-order valence-electron chi connectivity index (χ2n) is 8.75. The van der Waals surface area contributed by atoms with E-state index in [9.17, 15) is 19.9 Å². The normalized spacial score (nSPS) is 18.7. The van der Waals surface area contributed by atoms with E-state index in [0.29, 0.717) is 28.2 Å². The Balaban J connectivity index is 1.68. The maximum absolute atomic E-state index is 13.6. The highest BCUT2D eigenvalue weighted by Gasteiger charge is 2.45. The minimum absolute atomic E-state index is 0.0698. The zero-order valence-corrected chi connectivity index (χ0v) is 18.9. The average molecular weight is 467 g/mol. The van der Waals surface area contributed by atoms with E-state index in [1.54, 1.807) is 17.6 Å². The summed E-state index contributed by atoms with van der Waals surface area (Å²) in [7, 11) is 0. The van der Waals surface area contributed by atoms with Crippen molar-refractivity contribution in [1.82, 2.24) is 9.55 Å². The van der Waals surface area contributed by atoms with Crippen molar-refractivity contribution < 1.29 is 19.8 Å². The highest BCUT2D eigenvalue weighted by Crippen LogP contribution is 2.40. The zero-order valence-electron chi connectivity index (χ0n) is 18.9. The number of rotatable bonds is 3. The number of nitrogens with zero attached hydrogens (tertiary/aromatic N) is 3. The van der Waals surface area contributed by atoms with Gasteiger partial charge in [-0.25, -0.2) is 9.78 Å². The standard InChI is InChI=1S/C27H21N3O5/c1-2-27(33)19-12-21-24-17(13-30(21)25(31)18(19)14-35-26(27)32)22(16-10-6-7-11-20(16)28-24)23(29-34)15-8-4-3-5-9-15/h3-12,33-34H,2,13-14H2,1H3/t27-/m0/s1. The molecule has 8 heteroatoms. The van der Waals surface area contributed by atoms with Gasteiger partial charge in [0.2, 0.25) is 0 Å². The molecule has 4 aromatic rings. The molecule has 35 heavy (non-hydrogen) atoms. The first-order chi connectivity index (χ1) is 17.0. The first-order valence-electron chi connectivity index (χ1n) is 11.3. The fourth-order valence-corrected chi connectivity index (χ4v) is 5.15. The lowest BCUT2D eigenvalue weighted by Gasteiger charge is -2.31. The van der Waals surface area contributed by atoms with Crippen molar-refractivity contribution in [3.05, 3.63) is 98.8 Å². The number of pyridine rings is 2. The van der Waals surface area contributed by atoms with Gasteiger partial charge in [-0.1, -0.05) is 60.6 Å². The Bertz CT molecular complexity index is 1620. The maximum atomic E-state index is 13.6. The van der Waals surface area contributed by atoms with Gasteiger partial charge < -0.3 is 19.6 Å². The van der Waals surface area contributed by atoms with Crippen LogP contribution in [0.5, 0.6) is 0 Å². The number of cyclic esters (lactones) is 1. The smallest absolute Gasteiger partial charge is 0.343 e. The summed E-state index contributed by atoms with van der Waals surface area (Å²) < 4.78 is 6.74. The lowest BCUT2D eigenvalue weighted by Crippen LogP contribution is -2.44. The molecule has 0 unspecified atom stereocenters. The van der Waals surface area contributed by atoms with Gasteiger partial charge in [0.05, 0.1) is 29.0 Å². The van der Waals surface area contributed by atoms with Gasteiger partial charge in [0, 0.05) is 27.6 Å². The quantitative estimate of drug-likeness (QED) is 0.182. The molecular weight excluding hydrogens is 446 g/mol. The molecule has 0 bridgehead atoms. The van der Waals surface area contributed by atoms with Crippen molar-refractivity contribution >= 4 is 22.6 Å². The number of para-hydroxylation sites is 1. The highest BCUT2D eigenvalue weighted by molar-refractivity contribution is 6.20. The summed E-state index contributed by atoms with van der Waals surface area (Å²) >= 11 is 0. The molecule has 0 saturated carbocycles. The van der Waals surface area contributed by atoms with Crippen LogP contribution in [0.3, 0.4) is 0 Å². The van der Waals surface area contributed by atoms with E-state index in [2.05, 4.69) is 5.16 Å². The Hall–Kier alpha value is -4.30. The number of benzene rings is 2. The van der Waals surface area contributed by atoms with Gasteiger partial charge in [-0.2, -0.15) is 0 Å². The summed E-state index contributed by atoms with van der Waals surface area (Å²) in [6.07, 6.45) is 0.0698. The van der Waals surface area contributed by atoms with Crippen LogP contribution in [0.15, 0.2) is 70.6 Å². The van der Waals surface area contributed by atoms with Crippen molar-refractivity contribution in [2.45, 2.75) is 32.1 Å². The predicted molar refractivity (Wildman–Crippen MR) is 128 cm³/mol. The number of carbonyl (C=O) groups excluding carboxylic acids is 1. The van der Waals surface area contributed by atoms with Gasteiger partial charge >= 0.3 is 5.97 Å². The second-order valence-corrected chi connectivity index (χ2v) is 8.75. The van der Waals surface area contributed by atoms with Crippen LogP contribution in [0.2, 0.25) is 0 Å². The fourth-order valence-electron chi connectivity index (χ4n) is 5.15. The van der Waals surface area contributed by atoms with E-state index in [1.807, 2.05) is 54.6 Å². The van der Waals surface area contributed by atoms with Gasteiger partial charge in [-0.05, 0) is 18.6 Å². The number of esters is 1. The first-order valence-corrected chi connectivity index (χ1v) is 11.3. The van der Waals surface area contributed by atoms with Crippen molar-refractivity contribution in [1.29, 1.82) is 0 Å². The molecule has 8 nitrogen and oxygen atoms in total. The third kappa shape index (κ3) is 2.90. The molecule has 0 saturated heterocycles. The van der Waals surface area contributed by atoms with Gasteiger partial charge in [0.25, 0.3) is 5.56 Å². The SMILES string of the molecule is CC[C@@]1(O)C(=O)OCc2c1cc1n(c2=O)Cc2c-1nc1ccccc1c2C(=NO)c1ccccc1. The number of aliphatic hydroxyl groups is 1. The van der Waals surface area contributed by atoms with Crippen LogP contribution in [0.25, 0.3) is 22.3 Å². The molecular formula is C27H21N3O5. The minimum atomic E-state index is -1.90. The zero-order chi connectivity index (χ0) is 24.3. The number of ether oxygens (including phenoxy) is 1. The molecule has 2 N–H and O–H groups in total. The average Bonchev–Trinajstić information content (AvgIpc) is 3.26. The van der Waals surface area contributed by atoms with Crippen molar-refractivity contribution in [3.8, 4) is 11.4 Å². The minimum Gasteiger partial charge on any atom is -0.458 e. The largest absolute Gasteiger partial charge is 0.458 e. The van der Waals surface area contributed by atoms with E-state index < -0.39 is 11.6 Å². The molecule has 6 rings (SSSR count). The summed E-state index contributed by atoms with van der Waals surface area (Å²) in [5.74, 6) is -0.763. The molecule has 2 aromatic carbocycles. The molecule has 4 heterocycles. The summed E-state index contributed by atoms with van der Waals surface area (Å²) in [6.45, 7) is 1.68. The van der Waals surface area contributed by atoms with E-state index >= 15 is 0 Å². The van der Waals surface area contributed by atoms with Gasteiger partial charge in [-0.3, -0.25) is 4.79 Å². The van der Waals surface area contributed by atoms with Crippen LogP contribution in [0.4, 0.5) is 0 Å². The second kappa shape index (κ2) is 7.61. The number of carbonyl (C=O) groups is 1. The Morgan fingerprint density at radius 2 is 1.86 bits per heavy atom. The molecule has 0 radical (unpaired) electrons. The van der Waals surface area contributed by atoms with Gasteiger partial charge in [0.1, 0.15) is 12.3 Å². The number of oxime groups is 1. The number of hydrogen-bond donors (Lipinski definition) is 2. The number of hydrogen-bond acceptors (Lipinski definition) is 7. The highest BCUT2D eigenvalue weighted by atomic mass is 16.6. The van der Waals surface area contributed by atoms with Crippen LogP contribution >= 0.6 is 0 Å². The third-order valence-corrected chi connectivity index (χ3v) is 6.98. The summed E-state index contributed by atoms with van der Waals surface area (Å²) in [4.78, 5) is 30.8. The Morgan fingerprint density at radius 3 is 2.60 bits per heavy atom. The van der Waals surface area contributed by atoms with Crippen LogP contribution < -0.4 is 5.56 Å². The lowest BCUT2D eigenvalue weighted by molar-refractivity contribution is -0.172. The lowest BCUT2D eigenvalue weighted by atomic mass is 9.86. The van der Waals surface area contributed by atoms with Crippen molar-refractivity contribution in [3.63, 3.8) is 0 Å². The maximum Gasteiger partial charge on any atom is 0.343 e. The first kappa shape index (κ1) is 21.2. The Morgan fingerprint density at radius 1 is 1.11 bits per heavy atom. The topological polar surface area (TPSA) is 114 Å². The molecule has 2 aliphatic rings. The van der Waals surface area contributed by atoms with Gasteiger partial charge in [-0.15, -0.1) is 0 Å². The molecule has 0 spiro atoms. The summed E-state index contributed by atoms with van der Waals surface area (Å²) in [5, 5.41) is 25.7. The van der Waals surface area contributed by atoms with Crippen LogP contribution in [-0.2, 0) is 28.3 Å². The summed E-state index contributed by atoms with van der Waals surface area (Å²) in [5.41, 5.74) is 2.50. The van der Waals surface area contributed by atoms with E-state index in [-0.39, 0.29) is 36.3 Å². The number of fused-ring (bicyclic) bond motifs is 5. The monoisotopic (exact) mass is 467 g/mol. The van der Waals surface area contributed by atoms with Crippen LogP contribution in [-0.4, -0.2) is 31.5 Å². The van der Waals surface area contributed by atoms with Crippen LogP contribution in [0, 0.1) is 0 Å². The molecule has 0 fully saturated rings. The third-order valence-electron chi connectivity index (χ3n) is 6.98. The summed E-state index contributed by atoms with van der Waals surface area (Å²) in [6, 6.07) is 18.5. The van der Waals surface area contributed by atoms with Crippen molar-refractivity contribution in [2.24, 2.45) is 5.16 Å². The Kier molecular flexibility index (Phi) is 4.62. The molecule has 2 aliphatic heterocycles. The van der Waals surface area contributed by atoms with Gasteiger partial charge in [0.15, 0.2) is 5.60 Å². The molecule has 1 atom stereocenters. The van der Waals surface area contributed by atoms with E-state index in [1.165, 1.54) is 0 Å². The van der Waals surface area contributed by atoms with Crippen LogP contribution in [0.1, 0.15) is 41.2 Å². The van der Waals surface area contributed by atoms with E-state index in [4.69, 9.17) is 9.72 Å². The van der Waals surface area contributed by atoms with E-state index in [0.717, 1.165) is 16.5 Å². The van der Waals surface area contributed by atoms with Crippen molar-refractivity contribution in [2.75, 3.05) is 0 Å².